The van der Waals surface area contributed by atoms with Crippen LogP contribution in [0.5, 0.6) is 11.5 Å². The highest BCUT2D eigenvalue weighted by atomic mass is 16.5. The Morgan fingerprint density at radius 3 is 2.56 bits per heavy atom. The summed E-state index contributed by atoms with van der Waals surface area (Å²) in [5, 5.41) is 22.2. The molecule has 0 aliphatic carbocycles. The molecule has 0 radical (unpaired) electrons. The van der Waals surface area contributed by atoms with Gasteiger partial charge in [-0.2, -0.15) is 15.5 Å². The molecule has 7 heteroatoms. The van der Waals surface area contributed by atoms with Gasteiger partial charge in [0.15, 0.2) is 11.5 Å². The van der Waals surface area contributed by atoms with E-state index < -0.39 is 5.92 Å². The van der Waals surface area contributed by atoms with E-state index in [2.05, 4.69) is 40.4 Å². The molecule has 3 rings (SSSR count). The Kier molecular flexibility index (Phi) is 4.70. The Balaban J connectivity index is 2.06. The van der Waals surface area contributed by atoms with Crippen LogP contribution in [0.4, 0.5) is 0 Å². The Morgan fingerprint density at radius 2 is 1.96 bits per heavy atom. The molecule has 1 aromatic heterocycles. The van der Waals surface area contributed by atoms with E-state index in [4.69, 9.17) is 9.47 Å². The topological polar surface area (TPSA) is 92.4 Å². The second kappa shape index (κ2) is 6.93. The fraction of sp³-hybridized carbons (Fsp3) is 0.444. The van der Waals surface area contributed by atoms with Gasteiger partial charge in [0.25, 0.3) is 0 Å². The zero-order chi connectivity index (χ0) is 18.0. The monoisotopic (exact) mass is 339 g/mol. The zero-order valence-corrected chi connectivity index (χ0v) is 14.8. The van der Waals surface area contributed by atoms with E-state index in [9.17, 15) is 5.26 Å². The first-order valence-electron chi connectivity index (χ1n) is 8.16. The molecule has 25 heavy (non-hydrogen) atoms. The van der Waals surface area contributed by atoms with Crippen molar-refractivity contribution in [2.24, 2.45) is 10.9 Å². The first-order chi connectivity index (χ1) is 12.1. The maximum atomic E-state index is 9.78. The Bertz CT molecular complexity index is 856. The molecule has 2 unspecified atom stereocenters. The lowest BCUT2D eigenvalue weighted by Gasteiger charge is -2.18. The highest BCUT2D eigenvalue weighted by molar-refractivity contribution is 5.97. The standard InChI is InChI=1S/C18H21N5O2/c1-10(2)15-9-20-18(22-15)12(7-19)13-8-21-23-14-6-17(25-4)16(24-3)5-11(13)14/h5-6,8,10,12,15H,9H2,1-4H3,(H,20,22). The second-order valence-corrected chi connectivity index (χ2v) is 6.31. The fourth-order valence-corrected chi connectivity index (χ4v) is 2.94. The Labute approximate surface area is 146 Å². The number of rotatable bonds is 5. The van der Waals surface area contributed by atoms with Gasteiger partial charge >= 0.3 is 0 Å². The number of amidine groups is 1. The van der Waals surface area contributed by atoms with Crippen molar-refractivity contribution in [1.82, 2.24) is 15.5 Å². The summed E-state index contributed by atoms with van der Waals surface area (Å²) in [6, 6.07) is 6.19. The van der Waals surface area contributed by atoms with Crippen LogP contribution in [0.3, 0.4) is 0 Å². The van der Waals surface area contributed by atoms with Crippen LogP contribution < -0.4 is 14.8 Å². The smallest absolute Gasteiger partial charge is 0.162 e. The van der Waals surface area contributed by atoms with E-state index in [0.717, 1.165) is 10.9 Å². The van der Waals surface area contributed by atoms with Gasteiger partial charge in [0.1, 0.15) is 11.8 Å². The molecule has 2 aromatic rings. The molecule has 1 aromatic carbocycles. The zero-order valence-electron chi connectivity index (χ0n) is 14.8. The normalized spacial score (nSPS) is 17.8. The molecule has 7 nitrogen and oxygen atoms in total. The first kappa shape index (κ1) is 17.0. The minimum atomic E-state index is -0.528. The van der Waals surface area contributed by atoms with Gasteiger partial charge in [0.2, 0.25) is 0 Å². The molecule has 0 fully saturated rings. The van der Waals surface area contributed by atoms with Crippen LogP contribution >= 0.6 is 0 Å². The minimum absolute atomic E-state index is 0.251. The lowest BCUT2D eigenvalue weighted by molar-refractivity contribution is 0.355. The number of hydrogen-bond donors (Lipinski definition) is 1. The number of ether oxygens (including phenoxy) is 2. The summed E-state index contributed by atoms with van der Waals surface area (Å²) in [6.45, 7) is 4.95. The number of hydrogen-bond acceptors (Lipinski definition) is 7. The van der Waals surface area contributed by atoms with Crippen molar-refractivity contribution in [3.05, 3.63) is 23.9 Å². The van der Waals surface area contributed by atoms with Crippen molar-refractivity contribution in [3.63, 3.8) is 0 Å². The number of methoxy groups -OCH3 is 2. The highest BCUT2D eigenvalue weighted by Crippen LogP contribution is 2.34. The third kappa shape index (κ3) is 3.07. The van der Waals surface area contributed by atoms with Crippen LogP contribution in [0.2, 0.25) is 0 Å². The van der Waals surface area contributed by atoms with Gasteiger partial charge in [-0.05, 0) is 12.0 Å². The molecule has 0 saturated carbocycles. The number of nitrogens with zero attached hydrogens (tertiary/aromatic N) is 4. The van der Waals surface area contributed by atoms with Crippen LogP contribution in [-0.2, 0) is 0 Å². The molecule has 1 aliphatic rings. The summed E-state index contributed by atoms with van der Waals surface area (Å²) < 4.78 is 10.7. The molecule has 0 spiro atoms. The number of aliphatic imine (C=N–C) groups is 1. The third-order valence-electron chi connectivity index (χ3n) is 4.49. The summed E-state index contributed by atoms with van der Waals surface area (Å²) in [7, 11) is 3.15. The Hall–Kier alpha value is -2.88. The predicted molar refractivity (Wildman–Crippen MR) is 95.1 cm³/mol. The number of nitrogens with one attached hydrogen (secondary N) is 1. The van der Waals surface area contributed by atoms with Crippen molar-refractivity contribution in [3.8, 4) is 17.6 Å². The van der Waals surface area contributed by atoms with Crippen LogP contribution in [0.1, 0.15) is 25.3 Å². The van der Waals surface area contributed by atoms with Gasteiger partial charge in [-0.1, -0.05) is 13.8 Å². The van der Waals surface area contributed by atoms with Crippen molar-refractivity contribution in [2.45, 2.75) is 25.8 Å². The molecule has 0 amide bonds. The number of aromatic nitrogens is 2. The van der Waals surface area contributed by atoms with Gasteiger partial charge < -0.3 is 14.8 Å². The van der Waals surface area contributed by atoms with E-state index >= 15 is 0 Å². The van der Waals surface area contributed by atoms with Crippen LogP contribution in [0.25, 0.3) is 10.9 Å². The SMILES string of the molecule is COc1cc2nncc(C(C#N)C3=NCC(C(C)C)N3)c2cc1OC. The summed E-state index contributed by atoms with van der Waals surface area (Å²) in [5.41, 5.74) is 1.40. The predicted octanol–water partition coefficient (Wildman–Crippen LogP) is 2.28. The first-order valence-corrected chi connectivity index (χ1v) is 8.16. The third-order valence-corrected chi connectivity index (χ3v) is 4.49. The summed E-state index contributed by atoms with van der Waals surface area (Å²) in [6.07, 6.45) is 1.62. The van der Waals surface area contributed by atoms with Crippen LogP contribution in [-0.4, -0.2) is 42.8 Å². The van der Waals surface area contributed by atoms with Gasteiger partial charge in [-0.25, -0.2) is 0 Å². The van der Waals surface area contributed by atoms with E-state index in [1.807, 2.05) is 6.07 Å². The fourth-order valence-electron chi connectivity index (χ4n) is 2.94. The van der Waals surface area contributed by atoms with Crippen molar-refractivity contribution in [2.75, 3.05) is 20.8 Å². The van der Waals surface area contributed by atoms with Gasteiger partial charge in [-0.3, -0.25) is 4.99 Å². The van der Waals surface area contributed by atoms with Crippen molar-refractivity contribution >= 4 is 16.7 Å². The van der Waals surface area contributed by atoms with E-state index in [-0.39, 0.29) is 6.04 Å². The maximum absolute atomic E-state index is 9.78. The number of nitriles is 1. The quantitative estimate of drug-likeness (QED) is 0.898. The van der Waals surface area contributed by atoms with Crippen molar-refractivity contribution < 1.29 is 9.47 Å². The lowest BCUT2D eigenvalue weighted by atomic mass is 9.96. The largest absolute Gasteiger partial charge is 0.493 e. The summed E-state index contributed by atoms with van der Waals surface area (Å²) >= 11 is 0. The molecule has 2 heterocycles. The highest BCUT2D eigenvalue weighted by Gasteiger charge is 2.29. The molecular formula is C18H21N5O2. The van der Waals surface area contributed by atoms with Gasteiger partial charge in [0.05, 0.1) is 38.5 Å². The summed E-state index contributed by atoms with van der Waals surface area (Å²) in [5.74, 6) is 1.76. The second-order valence-electron chi connectivity index (χ2n) is 6.31. The van der Waals surface area contributed by atoms with Gasteiger partial charge in [0, 0.05) is 23.1 Å². The molecule has 1 N–H and O–H groups in total. The van der Waals surface area contributed by atoms with E-state index in [0.29, 0.717) is 35.3 Å². The molecule has 0 saturated heterocycles. The average molecular weight is 339 g/mol. The number of fused-ring (bicyclic) bond motifs is 1. The van der Waals surface area contributed by atoms with E-state index in [1.165, 1.54) is 0 Å². The molecule has 130 valence electrons. The number of benzene rings is 1. The minimum Gasteiger partial charge on any atom is -0.493 e. The molecule has 0 bridgehead atoms. The van der Waals surface area contributed by atoms with E-state index in [1.54, 1.807) is 26.5 Å². The lowest BCUT2D eigenvalue weighted by Crippen LogP contribution is -2.36. The van der Waals surface area contributed by atoms with Crippen LogP contribution in [0, 0.1) is 17.2 Å². The summed E-state index contributed by atoms with van der Waals surface area (Å²) in [4.78, 5) is 4.55. The molecular weight excluding hydrogens is 318 g/mol. The molecule has 2 atom stereocenters. The average Bonchev–Trinajstić information content (AvgIpc) is 3.11. The molecule has 1 aliphatic heterocycles. The van der Waals surface area contributed by atoms with Crippen molar-refractivity contribution in [1.29, 1.82) is 5.26 Å². The van der Waals surface area contributed by atoms with Crippen LogP contribution in [0.15, 0.2) is 23.3 Å². The maximum Gasteiger partial charge on any atom is 0.162 e. The van der Waals surface area contributed by atoms with Gasteiger partial charge in [-0.15, -0.1) is 0 Å². The Morgan fingerprint density at radius 1 is 1.24 bits per heavy atom.